The molecule has 0 spiro atoms. The van der Waals surface area contributed by atoms with Crippen molar-refractivity contribution in [1.29, 1.82) is 0 Å². The first-order valence-corrected chi connectivity index (χ1v) is 9.69. The van der Waals surface area contributed by atoms with Crippen LogP contribution in [0.3, 0.4) is 0 Å². The number of hydrogen-bond donors (Lipinski definition) is 4. The Balaban J connectivity index is 1.78. The number of aliphatic hydroxyl groups excluding tert-OH is 2. The second-order valence-electron chi connectivity index (χ2n) is 7.37. The van der Waals surface area contributed by atoms with Crippen molar-refractivity contribution in [3.8, 4) is 0 Å². The van der Waals surface area contributed by atoms with Crippen LogP contribution in [0.4, 0.5) is 5.69 Å². The maximum absolute atomic E-state index is 9.60. The van der Waals surface area contributed by atoms with E-state index in [1.54, 1.807) is 12.3 Å². The van der Waals surface area contributed by atoms with Gasteiger partial charge in [0, 0.05) is 24.3 Å². The Morgan fingerprint density at radius 3 is 2.70 bits per heavy atom. The quantitative estimate of drug-likeness (QED) is 0.612. The molecule has 1 aliphatic heterocycles. The second kappa shape index (κ2) is 7.46. The highest BCUT2D eigenvalue weighted by molar-refractivity contribution is 5.95. The zero-order valence-electron chi connectivity index (χ0n) is 15.6. The van der Waals surface area contributed by atoms with Gasteiger partial charge in [-0.15, -0.1) is 0 Å². The fourth-order valence-electron chi connectivity index (χ4n) is 3.89. The first kappa shape index (κ1) is 18.2. The van der Waals surface area contributed by atoms with Gasteiger partial charge in [0.1, 0.15) is 0 Å². The van der Waals surface area contributed by atoms with Crippen LogP contribution in [0.5, 0.6) is 0 Å². The highest BCUT2D eigenvalue weighted by atomic mass is 16.7. The second-order valence-corrected chi connectivity index (χ2v) is 7.37. The fourth-order valence-corrected chi connectivity index (χ4v) is 3.89. The molecule has 4 rings (SSSR count). The van der Waals surface area contributed by atoms with Gasteiger partial charge in [0.15, 0.2) is 11.2 Å². The Morgan fingerprint density at radius 2 is 2.04 bits per heavy atom. The summed E-state index contributed by atoms with van der Waals surface area (Å²) in [4.78, 5) is 10.1. The van der Waals surface area contributed by atoms with Crippen molar-refractivity contribution in [2.45, 2.75) is 57.2 Å². The largest absolute Gasteiger partial charge is 0.393 e. The SMILES string of the molecule is CCn1ncc2c(NC3CCCCC3)c(C3=CC(CO)(CO)ON3)cnc21. The number of aryl methyl sites for hydroxylation is 1. The van der Waals surface area contributed by atoms with Crippen LogP contribution in [0.25, 0.3) is 16.7 Å². The van der Waals surface area contributed by atoms with Crippen LogP contribution in [0.2, 0.25) is 0 Å². The van der Waals surface area contributed by atoms with Gasteiger partial charge in [0.2, 0.25) is 0 Å². The van der Waals surface area contributed by atoms with Gasteiger partial charge in [0.25, 0.3) is 0 Å². The standard InChI is InChI=1S/C19H27N5O3/c1-2-24-18-15(10-21-24)17(22-13-6-4-3-5-7-13)14(9-20-18)16-8-19(11-25,12-26)27-23-16/h8-10,13,23,25-26H,2-7,11-12H2,1H3,(H,20,22). The molecule has 0 amide bonds. The molecule has 2 aromatic rings. The molecule has 3 heterocycles. The molecule has 0 bridgehead atoms. The number of nitrogens with one attached hydrogen (secondary N) is 2. The van der Waals surface area contributed by atoms with Crippen molar-refractivity contribution >= 4 is 22.4 Å². The monoisotopic (exact) mass is 373 g/mol. The Kier molecular flexibility index (Phi) is 5.03. The number of nitrogens with zero attached hydrogens (tertiary/aromatic N) is 3. The average molecular weight is 373 g/mol. The lowest BCUT2D eigenvalue weighted by atomic mass is 9.94. The lowest BCUT2D eigenvalue weighted by Gasteiger charge is -2.25. The van der Waals surface area contributed by atoms with Crippen LogP contribution >= 0.6 is 0 Å². The summed E-state index contributed by atoms with van der Waals surface area (Å²) >= 11 is 0. The predicted octanol–water partition coefficient (Wildman–Crippen LogP) is 1.79. The highest BCUT2D eigenvalue weighted by Gasteiger charge is 2.35. The molecule has 2 aliphatic rings. The van der Waals surface area contributed by atoms with Crippen molar-refractivity contribution in [2.75, 3.05) is 18.5 Å². The van der Waals surface area contributed by atoms with Gasteiger partial charge >= 0.3 is 0 Å². The van der Waals surface area contributed by atoms with Crippen molar-refractivity contribution in [2.24, 2.45) is 0 Å². The van der Waals surface area contributed by atoms with Gasteiger partial charge < -0.3 is 15.5 Å². The summed E-state index contributed by atoms with van der Waals surface area (Å²) in [5.41, 5.74) is 5.10. The van der Waals surface area contributed by atoms with E-state index in [0.717, 1.165) is 41.7 Å². The van der Waals surface area contributed by atoms with Gasteiger partial charge in [-0.2, -0.15) is 5.10 Å². The maximum Gasteiger partial charge on any atom is 0.162 e. The Hall–Kier alpha value is -2.16. The van der Waals surface area contributed by atoms with Crippen LogP contribution in [0.15, 0.2) is 18.5 Å². The van der Waals surface area contributed by atoms with E-state index in [-0.39, 0.29) is 13.2 Å². The smallest absolute Gasteiger partial charge is 0.162 e. The molecular formula is C19H27N5O3. The number of aromatic nitrogens is 3. The van der Waals surface area contributed by atoms with Crippen LogP contribution in [-0.4, -0.2) is 49.8 Å². The third-order valence-corrected chi connectivity index (χ3v) is 5.52. The minimum Gasteiger partial charge on any atom is -0.393 e. The molecule has 1 aliphatic carbocycles. The minimum atomic E-state index is -1.13. The maximum atomic E-state index is 9.60. The number of pyridine rings is 1. The third-order valence-electron chi connectivity index (χ3n) is 5.52. The number of anilines is 1. The number of hydrogen-bond acceptors (Lipinski definition) is 7. The molecule has 1 saturated carbocycles. The summed E-state index contributed by atoms with van der Waals surface area (Å²) < 4.78 is 1.88. The lowest BCUT2D eigenvalue weighted by molar-refractivity contribution is -0.0922. The first-order valence-electron chi connectivity index (χ1n) is 9.69. The molecule has 1 fully saturated rings. The molecule has 0 unspecified atom stereocenters. The topological polar surface area (TPSA) is 104 Å². The van der Waals surface area contributed by atoms with Crippen LogP contribution in [-0.2, 0) is 11.4 Å². The van der Waals surface area contributed by atoms with E-state index in [2.05, 4.69) is 20.9 Å². The Labute approximate surface area is 158 Å². The zero-order chi connectivity index (χ0) is 18.9. The molecule has 27 heavy (non-hydrogen) atoms. The third kappa shape index (κ3) is 3.28. The van der Waals surface area contributed by atoms with Crippen LogP contribution in [0.1, 0.15) is 44.6 Å². The minimum absolute atomic E-state index is 0.311. The molecule has 0 aromatic carbocycles. The average Bonchev–Trinajstić information content (AvgIpc) is 3.34. The molecule has 0 atom stereocenters. The first-order chi connectivity index (χ1) is 13.2. The van der Waals surface area contributed by atoms with Gasteiger partial charge in [-0.25, -0.2) is 9.67 Å². The molecule has 0 radical (unpaired) electrons. The van der Waals surface area contributed by atoms with E-state index >= 15 is 0 Å². The number of rotatable bonds is 6. The van der Waals surface area contributed by atoms with Crippen molar-refractivity contribution in [3.63, 3.8) is 0 Å². The summed E-state index contributed by atoms with van der Waals surface area (Å²) in [5.74, 6) is 0. The van der Waals surface area contributed by atoms with Crippen molar-refractivity contribution in [3.05, 3.63) is 24.0 Å². The van der Waals surface area contributed by atoms with Crippen molar-refractivity contribution in [1.82, 2.24) is 20.2 Å². The molecular weight excluding hydrogens is 346 g/mol. The van der Waals surface area contributed by atoms with E-state index in [4.69, 9.17) is 4.84 Å². The van der Waals surface area contributed by atoms with Crippen LogP contribution < -0.4 is 10.8 Å². The van der Waals surface area contributed by atoms with E-state index in [1.165, 1.54) is 19.3 Å². The summed E-state index contributed by atoms with van der Waals surface area (Å²) in [6, 6.07) is 0.413. The fraction of sp³-hybridized carbons (Fsp3) is 0.579. The van der Waals surface area contributed by atoms with Crippen molar-refractivity contribution < 1.29 is 15.1 Å². The summed E-state index contributed by atoms with van der Waals surface area (Å²) in [6.07, 6.45) is 11.4. The van der Waals surface area contributed by atoms with E-state index in [0.29, 0.717) is 11.7 Å². The summed E-state index contributed by atoms with van der Waals surface area (Å²) in [5, 5.41) is 28.3. The molecule has 8 heteroatoms. The zero-order valence-corrected chi connectivity index (χ0v) is 15.6. The lowest BCUT2D eigenvalue weighted by Crippen LogP contribution is -2.37. The Bertz CT molecular complexity index is 837. The normalized spacial score (nSPS) is 19.9. The number of hydroxylamine groups is 1. The van der Waals surface area contributed by atoms with E-state index in [9.17, 15) is 10.2 Å². The predicted molar refractivity (Wildman–Crippen MR) is 103 cm³/mol. The summed E-state index contributed by atoms with van der Waals surface area (Å²) in [6.45, 7) is 2.17. The summed E-state index contributed by atoms with van der Waals surface area (Å²) in [7, 11) is 0. The van der Waals surface area contributed by atoms with Gasteiger partial charge in [-0.1, -0.05) is 19.3 Å². The van der Waals surface area contributed by atoms with Gasteiger partial charge in [0.05, 0.1) is 36.2 Å². The molecule has 2 aromatic heterocycles. The molecule has 0 saturated heterocycles. The van der Waals surface area contributed by atoms with Crippen LogP contribution in [0, 0.1) is 0 Å². The molecule has 8 nitrogen and oxygen atoms in total. The van der Waals surface area contributed by atoms with Gasteiger partial charge in [-0.3, -0.25) is 10.3 Å². The number of aliphatic hydroxyl groups is 2. The Morgan fingerprint density at radius 1 is 1.26 bits per heavy atom. The van der Waals surface area contributed by atoms with E-state index < -0.39 is 5.60 Å². The number of fused-ring (bicyclic) bond motifs is 1. The van der Waals surface area contributed by atoms with Gasteiger partial charge in [-0.05, 0) is 25.8 Å². The highest BCUT2D eigenvalue weighted by Crippen LogP contribution is 2.35. The molecule has 4 N–H and O–H groups in total. The molecule has 146 valence electrons. The van der Waals surface area contributed by atoms with E-state index in [1.807, 2.05) is 17.8 Å².